The Labute approximate surface area is 315 Å². The molecule has 2 heterocycles. The summed E-state index contributed by atoms with van der Waals surface area (Å²) in [5.74, 6) is 0. The maximum atomic E-state index is 6.47. The molecule has 1 aromatic heterocycles. The molecule has 0 radical (unpaired) electrons. The van der Waals surface area contributed by atoms with E-state index in [1.54, 1.807) is 0 Å². The molecular formula is C51H38N2O. The van der Waals surface area contributed by atoms with Gasteiger partial charge in [0.15, 0.2) is 0 Å². The largest absolute Gasteiger partial charge is 0.455 e. The van der Waals surface area contributed by atoms with Crippen LogP contribution in [-0.2, 0) is 5.41 Å². The van der Waals surface area contributed by atoms with E-state index in [0.29, 0.717) is 0 Å². The minimum atomic E-state index is -0.213. The standard InChI is InChI=1S/C51H38N2O/c1-31-19-25-45-47(27-31)53(44-17-9-12-33-11-5-6-13-36(33)44)48-28-32(2)20-26-46(48)52(45)35-22-24-39-38-23-21-34(29-42(38)51(3,4)43(39)30-35)37-15-10-16-41-40-14-7-8-18-49(40)54-50(37)41/h5-30H,1-4H3. The maximum Gasteiger partial charge on any atom is 0.143 e. The van der Waals surface area contributed by atoms with Gasteiger partial charge in [0.05, 0.1) is 28.4 Å². The fourth-order valence-corrected chi connectivity index (χ4v) is 9.21. The van der Waals surface area contributed by atoms with Gasteiger partial charge in [-0.1, -0.05) is 117 Å². The van der Waals surface area contributed by atoms with E-state index in [-0.39, 0.29) is 5.41 Å². The van der Waals surface area contributed by atoms with Gasteiger partial charge >= 0.3 is 0 Å². The summed E-state index contributed by atoms with van der Waals surface area (Å²) in [4.78, 5) is 4.94. The number of benzene rings is 8. The Morgan fingerprint density at radius 1 is 0.444 bits per heavy atom. The van der Waals surface area contributed by atoms with E-state index < -0.39 is 0 Å². The molecule has 0 spiro atoms. The van der Waals surface area contributed by atoms with Crippen molar-refractivity contribution in [1.82, 2.24) is 0 Å². The zero-order chi connectivity index (χ0) is 36.3. The second kappa shape index (κ2) is 11.2. The van der Waals surface area contributed by atoms with Crippen molar-refractivity contribution in [3.8, 4) is 22.3 Å². The quantitative estimate of drug-likeness (QED) is 0.184. The average molecular weight is 695 g/mol. The highest BCUT2D eigenvalue weighted by Gasteiger charge is 2.38. The van der Waals surface area contributed by atoms with Gasteiger partial charge < -0.3 is 14.2 Å². The molecule has 8 aromatic carbocycles. The van der Waals surface area contributed by atoms with Crippen molar-refractivity contribution in [1.29, 1.82) is 0 Å². The molecule has 0 atom stereocenters. The van der Waals surface area contributed by atoms with Gasteiger partial charge in [0.1, 0.15) is 11.2 Å². The predicted molar refractivity (Wildman–Crippen MR) is 227 cm³/mol. The molecule has 0 N–H and O–H groups in total. The van der Waals surface area contributed by atoms with Crippen LogP contribution >= 0.6 is 0 Å². The van der Waals surface area contributed by atoms with Gasteiger partial charge in [-0.2, -0.15) is 0 Å². The lowest BCUT2D eigenvalue weighted by molar-refractivity contribution is 0.660. The van der Waals surface area contributed by atoms with E-state index in [9.17, 15) is 0 Å². The van der Waals surface area contributed by atoms with E-state index >= 15 is 0 Å². The molecule has 258 valence electrons. The summed E-state index contributed by atoms with van der Waals surface area (Å²) in [7, 11) is 0. The Hall–Kier alpha value is -6.58. The van der Waals surface area contributed by atoms with Crippen molar-refractivity contribution in [2.24, 2.45) is 0 Å². The van der Waals surface area contributed by atoms with Crippen LogP contribution in [0.3, 0.4) is 0 Å². The fourth-order valence-electron chi connectivity index (χ4n) is 9.21. The van der Waals surface area contributed by atoms with E-state index in [2.05, 4.69) is 189 Å². The molecular weight excluding hydrogens is 657 g/mol. The molecule has 0 bridgehead atoms. The summed E-state index contributed by atoms with van der Waals surface area (Å²) in [6, 6.07) is 58.0. The summed E-state index contributed by atoms with van der Waals surface area (Å²) in [6.07, 6.45) is 0. The molecule has 0 fully saturated rings. The number of hydrogen-bond acceptors (Lipinski definition) is 3. The van der Waals surface area contributed by atoms with Gasteiger partial charge in [0.2, 0.25) is 0 Å². The highest BCUT2D eigenvalue weighted by atomic mass is 16.3. The third kappa shape index (κ3) is 4.36. The normalized spacial score (nSPS) is 14.0. The number of nitrogens with zero attached hydrogens (tertiary/aromatic N) is 2. The Kier molecular flexibility index (Phi) is 6.43. The van der Waals surface area contributed by atoms with Crippen molar-refractivity contribution in [3.63, 3.8) is 0 Å². The van der Waals surface area contributed by atoms with Crippen LogP contribution in [0.15, 0.2) is 162 Å². The number of rotatable bonds is 3. The maximum absolute atomic E-state index is 6.47. The first-order chi connectivity index (χ1) is 26.3. The highest BCUT2D eigenvalue weighted by Crippen LogP contribution is 2.57. The third-order valence-electron chi connectivity index (χ3n) is 11.9. The number of fused-ring (bicyclic) bond motifs is 9. The summed E-state index contributed by atoms with van der Waals surface area (Å²) < 4.78 is 6.47. The average Bonchev–Trinajstić information content (AvgIpc) is 3.68. The summed E-state index contributed by atoms with van der Waals surface area (Å²) in [6.45, 7) is 9.13. The molecule has 11 rings (SSSR count). The fraction of sp³-hybridized carbons (Fsp3) is 0.0980. The second-order valence-corrected chi connectivity index (χ2v) is 15.5. The summed E-state index contributed by atoms with van der Waals surface area (Å²) >= 11 is 0. The van der Waals surface area contributed by atoms with E-state index in [0.717, 1.165) is 33.2 Å². The van der Waals surface area contributed by atoms with Crippen molar-refractivity contribution < 1.29 is 4.42 Å². The lowest BCUT2D eigenvalue weighted by Crippen LogP contribution is -2.25. The van der Waals surface area contributed by atoms with Gasteiger partial charge in [-0.25, -0.2) is 0 Å². The van der Waals surface area contributed by atoms with Crippen LogP contribution in [0.2, 0.25) is 0 Å². The summed E-state index contributed by atoms with van der Waals surface area (Å²) in [5, 5.41) is 4.78. The van der Waals surface area contributed by atoms with E-state index in [4.69, 9.17) is 4.42 Å². The molecule has 3 heteroatoms. The molecule has 0 unspecified atom stereocenters. The zero-order valence-electron chi connectivity index (χ0n) is 30.8. The number of anilines is 6. The van der Waals surface area contributed by atoms with Crippen LogP contribution in [0.1, 0.15) is 36.1 Å². The van der Waals surface area contributed by atoms with Gasteiger partial charge in [-0.3, -0.25) is 0 Å². The molecule has 3 nitrogen and oxygen atoms in total. The smallest absolute Gasteiger partial charge is 0.143 e. The number of hydrogen-bond donors (Lipinski definition) is 0. The minimum Gasteiger partial charge on any atom is -0.455 e. The van der Waals surface area contributed by atoms with Gasteiger partial charge in [-0.15, -0.1) is 0 Å². The molecule has 0 saturated heterocycles. The first-order valence-corrected chi connectivity index (χ1v) is 18.8. The molecule has 54 heavy (non-hydrogen) atoms. The van der Waals surface area contributed by atoms with Crippen LogP contribution < -0.4 is 9.80 Å². The first-order valence-electron chi connectivity index (χ1n) is 18.8. The van der Waals surface area contributed by atoms with Crippen molar-refractivity contribution in [3.05, 3.63) is 180 Å². The molecule has 0 saturated carbocycles. The van der Waals surface area contributed by atoms with Crippen molar-refractivity contribution in [2.75, 3.05) is 9.80 Å². The third-order valence-corrected chi connectivity index (χ3v) is 11.9. The van der Waals surface area contributed by atoms with Crippen molar-refractivity contribution >= 4 is 66.8 Å². The molecule has 9 aromatic rings. The van der Waals surface area contributed by atoms with E-state index in [1.165, 1.54) is 78.2 Å². The highest BCUT2D eigenvalue weighted by molar-refractivity contribution is 6.10. The van der Waals surface area contributed by atoms with Crippen molar-refractivity contribution in [2.45, 2.75) is 33.1 Å². The Morgan fingerprint density at radius 2 is 1.07 bits per heavy atom. The monoisotopic (exact) mass is 694 g/mol. The Bertz CT molecular complexity index is 2960. The Morgan fingerprint density at radius 3 is 1.85 bits per heavy atom. The van der Waals surface area contributed by atoms with Gasteiger partial charge in [-0.05, 0) is 113 Å². The number of aryl methyl sites for hydroxylation is 2. The van der Waals surface area contributed by atoms with Crippen LogP contribution in [0.25, 0.3) is 55.0 Å². The molecule has 0 amide bonds. The summed E-state index contributed by atoms with van der Waals surface area (Å²) in [5.41, 5.74) is 18.7. The number of furan rings is 1. The van der Waals surface area contributed by atoms with Gasteiger partial charge in [0.25, 0.3) is 0 Å². The van der Waals surface area contributed by atoms with E-state index in [1.807, 2.05) is 6.07 Å². The lowest BCUT2D eigenvalue weighted by Gasteiger charge is -2.41. The second-order valence-electron chi connectivity index (χ2n) is 15.5. The molecule has 1 aliphatic carbocycles. The molecule has 1 aliphatic heterocycles. The van der Waals surface area contributed by atoms with Crippen LogP contribution in [-0.4, -0.2) is 0 Å². The Balaban J connectivity index is 1.06. The lowest BCUT2D eigenvalue weighted by atomic mass is 9.81. The van der Waals surface area contributed by atoms with Crippen LogP contribution in [0.5, 0.6) is 0 Å². The zero-order valence-corrected chi connectivity index (χ0v) is 30.8. The molecule has 2 aliphatic rings. The topological polar surface area (TPSA) is 19.6 Å². The SMILES string of the molecule is Cc1ccc2c(c1)N(c1cccc3ccccc13)c1cc(C)ccc1N2c1ccc2c(c1)C(C)(C)c1cc(-c3cccc4c3oc3ccccc34)ccc1-2. The van der Waals surface area contributed by atoms with Crippen LogP contribution in [0, 0.1) is 13.8 Å². The number of para-hydroxylation sites is 2. The van der Waals surface area contributed by atoms with Crippen LogP contribution in [0.4, 0.5) is 34.1 Å². The first kappa shape index (κ1) is 31.0. The van der Waals surface area contributed by atoms with Gasteiger partial charge in [0, 0.05) is 32.8 Å². The minimum absolute atomic E-state index is 0.213. The predicted octanol–water partition coefficient (Wildman–Crippen LogP) is 14.6.